The number of nitro groups is 1. The van der Waals surface area contributed by atoms with Crippen molar-refractivity contribution in [2.75, 3.05) is 0 Å². The minimum Gasteiger partial charge on any atom is -0.387 e. The second-order valence-electron chi connectivity index (χ2n) is 5.84. The molecule has 2 aromatic carbocycles. The molecular formula is C21H18N4O2. The lowest BCUT2D eigenvalue weighted by Gasteiger charge is -2.06. The summed E-state index contributed by atoms with van der Waals surface area (Å²) in [5.41, 5.74) is 3.04. The van der Waals surface area contributed by atoms with Crippen LogP contribution in [0.3, 0.4) is 0 Å². The van der Waals surface area contributed by atoms with Crippen LogP contribution >= 0.6 is 0 Å². The minimum atomic E-state index is -0.463. The highest BCUT2D eigenvalue weighted by Gasteiger charge is 2.17. The number of aromatic nitrogens is 1. The molecular weight excluding hydrogens is 340 g/mol. The summed E-state index contributed by atoms with van der Waals surface area (Å²) in [6, 6.07) is 18.2. The van der Waals surface area contributed by atoms with E-state index in [0.717, 1.165) is 16.7 Å². The number of pyridine rings is 1. The number of allylic oxidation sites excluding steroid dienone is 1. The van der Waals surface area contributed by atoms with Gasteiger partial charge in [-0.1, -0.05) is 36.4 Å². The number of nitrogens with one attached hydrogen (secondary N) is 2. The van der Waals surface area contributed by atoms with Crippen LogP contribution in [0.1, 0.15) is 11.1 Å². The molecule has 0 aliphatic rings. The molecule has 0 saturated carbocycles. The average Bonchev–Trinajstić information content (AvgIpc) is 2.72. The Morgan fingerprint density at radius 2 is 1.93 bits per heavy atom. The third-order valence-corrected chi connectivity index (χ3v) is 3.99. The van der Waals surface area contributed by atoms with Crippen molar-refractivity contribution in [1.82, 2.24) is 10.3 Å². The van der Waals surface area contributed by atoms with E-state index in [1.54, 1.807) is 30.7 Å². The highest BCUT2D eigenvalue weighted by atomic mass is 16.6. The van der Waals surface area contributed by atoms with E-state index in [1.807, 2.05) is 42.5 Å². The minimum absolute atomic E-state index is 0.0677. The molecule has 6 heteroatoms. The fourth-order valence-electron chi connectivity index (χ4n) is 2.63. The molecule has 0 bridgehead atoms. The number of hydrogen-bond donors (Lipinski definition) is 2. The lowest BCUT2D eigenvalue weighted by Crippen LogP contribution is -2.07. The molecule has 0 aliphatic heterocycles. The normalized spacial score (nSPS) is 10.7. The molecule has 3 rings (SSSR count). The van der Waals surface area contributed by atoms with Crippen LogP contribution in [0.25, 0.3) is 11.1 Å². The van der Waals surface area contributed by atoms with Gasteiger partial charge in [0.1, 0.15) is 0 Å². The van der Waals surface area contributed by atoms with Crippen LogP contribution in [0, 0.1) is 15.5 Å². The predicted molar refractivity (Wildman–Crippen MR) is 106 cm³/mol. The van der Waals surface area contributed by atoms with E-state index in [1.165, 1.54) is 12.1 Å². The van der Waals surface area contributed by atoms with Gasteiger partial charge in [-0.25, -0.2) is 0 Å². The molecule has 0 aliphatic carbocycles. The molecule has 0 saturated heterocycles. The smallest absolute Gasteiger partial charge is 0.278 e. The summed E-state index contributed by atoms with van der Waals surface area (Å²) in [6.07, 6.45) is 6.59. The molecule has 1 aromatic heterocycles. The first-order valence-electron chi connectivity index (χ1n) is 8.37. The lowest BCUT2D eigenvalue weighted by molar-refractivity contribution is -0.385. The average molecular weight is 358 g/mol. The van der Waals surface area contributed by atoms with Crippen molar-refractivity contribution >= 4 is 11.4 Å². The van der Waals surface area contributed by atoms with Gasteiger partial charge >= 0.3 is 0 Å². The summed E-state index contributed by atoms with van der Waals surface area (Å²) in [6.45, 7) is 0.559. The quantitative estimate of drug-likeness (QED) is 0.373. The third-order valence-electron chi connectivity index (χ3n) is 3.99. The van der Waals surface area contributed by atoms with Crippen molar-refractivity contribution in [1.29, 1.82) is 5.41 Å². The van der Waals surface area contributed by atoms with E-state index in [9.17, 15) is 10.1 Å². The van der Waals surface area contributed by atoms with Crippen molar-refractivity contribution in [3.63, 3.8) is 0 Å². The Morgan fingerprint density at radius 1 is 1.11 bits per heavy atom. The van der Waals surface area contributed by atoms with Crippen LogP contribution < -0.4 is 5.32 Å². The molecule has 6 nitrogen and oxygen atoms in total. The van der Waals surface area contributed by atoms with Gasteiger partial charge < -0.3 is 5.32 Å². The number of benzene rings is 2. The largest absolute Gasteiger partial charge is 0.387 e. The third kappa shape index (κ3) is 4.64. The van der Waals surface area contributed by atoms with E-state index in [4.69, 9.17) is 5.41 Å². The topological polar surface area (TPSA) is 91.9 Å². The van der Waals surface area contributed by atoms with Gasteiger partial charge in [0, 0.05) is 25.0 Å². The Labute approximate surface area is 156 Å². The summed E-state index contributed by atoms with van der Waals surface area (Å²) in [7, 11) is 0. The summed E-state index contributed by atoms with van der Waals surface area (Å²) >= 11 is 0. The number of nitro benzene ring substituents is 1. The van der Waals surface area contributed by atoms with Crippen molar-refractivity contribution in [3.05, 3.63) is 107 Å². The fraction of sp³-hybridized carbons (Fsp3) is 0.0476. The maximum absolute atomic E-state index is 11.4. The summed E-state index contributed by atoms with van der Waals surface area (Å²) in [5, 5.41) is 22.7. The van der Waals surface area contributed by atoms with E-state index in [-0.39, 0.29) is 17.0 Å². The highest BCUT2D eigenvalue weighted by molar-refractivity contribution is 6.09. The molecule has 0 radical (unpaired) electrons. The van der Waals surface area contributed by atoms with Crippen LogP contribution in [0.5, 0.6) is 0 Å². The summed E-state index contributed by atoms with van der Waals surface area (Å²) in [4.78, 5) is 14.9. The molecule has 0 amide bonds. The first-order valence-corrected chi connectivity index (χ1v) is 8.37. The first kappa shape index (κ1) is 18.0. The van der Waals surface area contributed by atoms with Crippen molar-refractivity contribution < 1.29 is 4.92 Å². The molecule has 0 unspecified atom stereocenters. The standard InChI is InChI=1S/C21H18N4O2/c22-20(10-12-24-15-16-5-4-11-23-14-16)19-13-18(8-9-21(19)25(26)27)17-6-2-1-3-7-17/h1-14,22,24H,15H2/b12-10-,22-20?. The van der Waals surface area contributed by atoms with Crippen molar-refractivity contribution in [2.24, 2.45) is 0 Å². The maximum atomic E-state index is 11.4. The summed E-state index contributed by atoms with van der Waals surface area (Å²) in [5.74, 6) is 0. The molecule has 1 heterocycles. The van der Waals surface area contributed by atoms with E-state index in [0.29, 0.717) is 6.54 Å². The number of hydrogen-bond acceptors (Lipinski definition) is 5. The summed E-state index contributed by atoms with van der Waals surface area (Å²) < 4.78 is 0. The zero-order chi connectivity index (χ0) is 19.1. The first-order chi connectivity index (χ1) is 13.1. The van der Waals surface area contributed by atoms with Crippen LogP contribution in [-0.2, 0) is 6.54 Å². The second kappa shape index (κ2) is 8.53. The lowest BCUT2D eigenvalue weighted by atomic mass is 9.99. The Balaban J connectivity index is 1.79. The van der Waals surface area contributed by atoms with Crippen LogP contribution in [0.4, 0.5) is 5.69 Å². The van der Waals surface area contributed by atoms with E-state index < -0.39 is 4.92 Å². The molecule has 134 valence electrons. The molecule has 3 aromatic rings. The zero-order valence-corrected chi connectivity index (χ0v) is 14.5. The Morgan fingerprint density at radius 3 is 2.63 bits per heavy atom. The van der Waals surface area contributed by atoms with Gasteiger partial charge in [-0.15, -0.1) is 0 Å². The fourth-order valence-corrected chi connectivity index (χ4v) is 2.63. The Hall–Kier alpha value is -3.80. The van der Waals surface area contributed by atoms with Gasteiger partial charge in [-0.3, -0.25) is 20.5 Å². The number of nitrogens with zero attached hydrogens (tertiary/aromatic N) is 2. The van der Waals surface area contributed by atoms with Gasteiger partial charge in [0.05, 0.1) is 16.2 Å². The monoisotopic (exact) mass is 358 g/mol. The van der Waals surface area contributed by atoms with Crippen LogP contribution in [0.15, 0.2) is 85.3 Å². The molecule has 0 atom stereocenters. The van der Waals surface area contributed by atoms with E-state index >= 15 is 0 Å². The highest BCUT2D eigenvalue weighted by Crippen LogP contribution is 2.27. The van der Waals surface area contributed by atoms with E-state index in [2.05, 4.69) is 10.3 Å². The second-order valence-corrected chi connectivity index (χ2v) is 5.84. The predicted octanol–water partition coefficient (Wildman–Crippen LogP) is 4.33. The molecule has 27 heavy (non-hydrogen) atoms. The maximum Gasteiger partial charge on any atom is 0.278 e. The zero-order valence-electron chi connectivity index (χ0n) is 14.5. The van der Waals surface area contributed by atoms with Gasteiger partial charge in [-0.2, -0.15) is 0 Å². The Kier molecular flexibility index (Phi) is 5.69. The van der Waals surface area contributed by atoms with Gasteiger partial charge in [0.25, 0.3) is 5.69 Å². The van der Waals surface area contributed by atoms with Crippen molar-refractivity contribution in [3.8, 4) is 11.1 Å². The van der Waals surface area contributed by atoms with Gasteiger partial charge in [0.2, 0.25) is 0 Å². The van der Waals surface area contributed by atoms with Crippen molar-refractivity contribution in [2.45, 2.75) is 6.54 Å². The van der Waals surface area contributed by atoms with Gasteiger partial charge in [0.15, 0.2) is 0 Å². The molecule has 0 fully saturated rings. The number of rotatable bonds is 7. The Bertz CT molecular complexity index is 970. The van der Waals surface area contributed by atoms with Gasteiger partial charge in [-0.05, 0) is 47.2 Å². The molecule has 2 N–H and O–H groups in total. The molecule has 0 spiro atoms. The SMILES string of the molecule is N=C(/C=C\NCc1cccnc1)c1cc(-c2ccccc2)ccc1[N+](=O)[O-]. The van der Waals surface area contributed by atoms with Crippen LogP contribution in [0.2, 0.25) is 0 Å². The van der Waals surface area contributed by atoms with Crippen LogP contribution in [-0.4, -0.2) is 15.6 Å².